The van der Waals surface area contributed by atoms with Crippen LogP contribution in [0.4, 0.5) is 0 Å². The molecule has 6 rings (SSSR count). The van der Waals surface area contributed by atoms with Gasteiger partial charge in [0.25, 0.3) is 11.8 Å². The molecular formula is C22H20N6O4. The van der Waals surface area contributed by atoms with Crippen LogP contribution in [0.15, 0.2) is 35.2 Å². The van der Waals surface area contributed by atoms with Crippen LogP contribution in [0, 0.1) is 0 Å². The molecule has 2 fully saturated rings. The van der Waals surface area contributed by atoms with Gasteiger partial charge in [0.15, 0.2) is 6.39 Å². The Morgan fingerprint density at radius 1 is 1.12 bits per heavy atom. The second-order valence-corrected chi connectivity index (χ2v) is 8.51. The number of benzene rings is 1. The standard InChI is InChI=1S/C22H20N6O4/c1-26-18(29)7-6-17(22(26)31)27-9-13-8-14(4-5-15(13)21(27)30)28-10-16(24-25-28)19-20(12-2-3-12)32-11-23-19/h4-5,8,10-12,17H,2-3,6-7,9H2,1H3. The number of hydrogen-bond acceptors (Lipinski definition) is 7. The molecule has 3 aromatic rings. The summed E-state index contributed by atoms with van der Waals surface area (Å²) in [6.07, 6.45) is 6.03. The molecule has 1 saturated carbocycles. The smallest absolute Gasteiger partial charge is 0.255 e. The van der Waals surface area contributed by atoms with E-state index in [9.17, 15) is 14.4 Å². The van der Waals surface area contributed by atoms with Gasteiger partial charge in [0.1, 0.15) is 23.2 Å². The molecule has 4 heterocycles. The van der Waals surface area contributed by atoms with E-state index in [1.807, 2.05) is 12.1 Å². The van der Waals surface area contributed by atoms with Gasteiger partial charge >= 0.3 is 0 Å². The van der Waals surface area contributed by atoms with E-state index in [2.05, 4.69) is 15.3 Å². The van der Waals surface area contributed by atoms with Gasteiger partial charge in [-0.15, -0.1) is 5.10 Å². The number of carbonyl (C=O) groups excluding carboxylic acids is 3. The SMILES string of the molecule is CN1C(=O)CCC(N2Cc3cc(-n4cc(-c5ncoc5C5CC5)nn4)ccc3C2=O)C1=O. The Bertz CT molecular complexity index is 1270. The van der Waals surface area contributed by atoms with Gasteiger partial charge in [0, 0.05) is 31.5 Å². The van der Waals surface area contributed by atoms with Crippen LogP contribution in [0.3, 0.4) is 0 Å². The van der Waals surface area contributed by atoms with Crippen molar-refractivity contribution in [2.75, 3.05) is 7.05 Å². The Labute approximate surface area is 182 Å². The molecule has 1 unspecified atom stereocenters. The Morgan fingerprint density at radius 3 is 2.78 bits per heavy atom. The summed E-state index contributed by atoms with van der Waals surface area (Å²) in [7, 11) is 1.47. The quantitative estimate of drug-likeness (QED) is 0.579. The summed E-state index contributed by atoms with van der Waals surface area (Å²) < 4.78 is 7.18. The molecule has 2 aromatic heterocycles. The summed E-state index contributed by atoms with van der Waals surface area (Å²) in [5.41, 5.74) is 3.50. The molecule has 1 aromatic carbocycles. The zero-order valence-corrected chi connectivity index (χ0v) is 17.4. The molecule has 1 saturated heterocycles. The predicted molar refractivity (Wildman–Crippen MR) is 110 cm³/mol. The third-order valence-corrected chi connectivity index (χ3v) is 6.46. The Balaban J connectivity index is 1.27. The van der Waals surface area contributed by atoms with Crippen molar-refractivity contribution >= 4 is 17.7 Å². The van der Waals surface area contributed by atoms with Crippen molar-refractivity contribution in [2.45, 2.75) is 44.2 Å². The van der Waals surface area contributed by atoms with Crippen LogP contribution in [0.25, 0.3) is 17.1 Å². The van der Waals surface area contributed by atoms with E-state index < -0.39 is 6.04 Å². The Hall–Kier alpha value is -3.82. The number of amides is 3. The molecule has 2 aliphatic heterocycles. The monoisotopic (exact) mass is 432 g/mol. The van der Waals surface area contributed by atoms with Gasteiger partial charge in [-0.25, -0.2) is 9.67 Å². The van der Waals surface area contributed by atoms with Crippen molar-refractivity contribution < 1.29 is 18.8 Å². The van der Waals surface area contributed by atoms with E-state index in [4.69, 9.17) is 4.42 Å². The first-order valence-corrected chi connectivity index (χ1v) is 10.6. The first-order valence-electron chi connectivity index (χ1n) is 10.6. The number of piperidine rings is 1. The van der Waals surface area contributed by atoms with E-state index in [1.54, 1.807) is 21.8 Å². The van der Waals surface area contributed by atoms with Gasteiger partial charge in [-0.1, -0.05) is 5.21 Å². The van der Waals surface area contributed by atoms with Gasteiger partial charge in [-0.05, 0) is 43.0 Å². The number of fused-ring (bicyclic) bond motifs is 1. The molecule has 0 radical (unpaired) electrons. The van der Waals surface area contributed by atoms with Crippen molar-refractivity contribution in [3.63, 3.8) is 0 Å². The molecule has 3 amide bonds. The van der Waals surface area contributed by atoms with E-state index >= 15 is 0 Å². The van der Waals surface area contributed by atoms with Crippen molar-refractivity contribution in [3.05, 3.63) is 47.7 Å². The van der Waals surface area contributed by atoms with Crippen LogP contribution in [-0.4, -0.2) is 60.6 Å². The lowest BCUT2D eigenvalue weighted by Gasteiger charge is -2.33. The summed E-state index contributed by atoms with van der Waals surface area (Å²) in [6, 6.07) is 4.83. The molecule has 0 N–H and O–H groups in total. The zero-order chi connectivity index (χ0) is 22.0. The average Bonchev–Trinajstić information content (AvgIpc) is 3.20. The number of carbonyl (C=O) groups is 3. The fourth-order valence-corrected chi connectivity index (χ4v) is 4.49. The maximum atomic E-state index is 13.0. The lowest BCUT2D eigenvalue weighted by Crippen LogP contribution is -2.53. The van der Waals surface area contributed by atoms with E-state index in [0.717, 1.165) is 40.4 Å². The molecule has 10 nitrogen and oxygen atoms in total. The number of nitrogens with zero attached hydrogens (tertiary/aromatic N) is 6. The summed E-state index contributed by atoms with van der Waals surface area (Å²) in [5.74, 6) is 0.530. The van der Waals surface area contributed by atoms with E-state index in [-0.39, 0.29) is 24.1 Å². The molecule has 32 heavy (non-hydrogen) atoms. The van der Waals surface area contributed by atoms with Crippen LogP contribution in [-0.2, 0) is 16.1 Å². The van der Waals surface area contributed by atoms with Crippen LogP contribution < -0.4 is 0 Å². The number of likely N-dealkylation sites (tertiary alicyclic amines) is 1. The molecule has 0 bridgehead atoms. The van der Waals surface area contributed by atoms with Crippen LogP contribution >= 0.6 is 0 Å². The Morgan fingerprint density at radius 2 is 1.97 bits per heavy atom. The number of aromatic nitrogens is 4. The maximum absolute atomic E-state index is 13.0. The highest BCUT2D eigenvalue weighted by Crippen LogP contribution is 2.43. The van der Waals surface area contributed by atoms with Gasteiger partial charge in [0.05, 0.1) is 11.9 Å². The number of oxazole rings is 1. The highest BCUT2D eigenvalue weighted by atomic mass is 16.3. The lowest BCUT2D eigenvalue weighted by atomic mass is 10.0. The van der Waals surface area contributed by atoms with Gasteiger partial charge < -0.3 is 9.32 Å². The third kappa shape index (κ3) is 2.86. The van der Waals surface area contributed by atoms with Gasteiger partial charge in [-0.3, -0.25) is 19.3 Å². The summed E-state index contributed by atoms with van der Waals surface area (Å²) >= 11 is 0. The number of rotatable bonds is 4. The third-order valence-electron chi connectivity index (χ3n) is 6.46. The van der Waals surface area contributed by atoms with Crippen LogP contribution in [0.1, 0.15) is 53.3 Å². The topological polar surface area (TPSA) is 114 Å². The lowest BCUT2D eigenvalue weighted by molar-refractivity contribution is -0.150. The van der Waals surface area contributed by atoms with Crippen LogP contribution in [0.2, 0.25) is 0 Å². The van der Waals surface area contributed by atoms with Gasteiger partial charge in [0.2, 0.25) is 5.91 Å². The molecule has 162 valence electrons. The van der Waals surface area contributed by atoms with Crippen molar-refractivity contribution in [1.29, 1.82) is 0 Å². The van der Waals surface area contributed by atoms with Crippen molar-refractivity contribution in [3.8, 4) is 17.1 Å². The highest BCUT2D eigenvalue weighted by molar-refractivity contribution is 6.05. The van der Waals surface area contributed by atoms with Crippen molar-refractivity contribution in [1.82, 2.24) is 29.8 Å². The molecule has 1 aliphatic carbocycles. The molecule has 1 atom stereocenters. The minimum absolute atomic E-state index is 0.191. The Kier molecular flexibility index (Phi) is 4.04. The summed E-state index contributed by atoms with van der Waals surface area (Å²) in [4.78, 5) is 44.3. The zero-order valence-electron chi connectivity index (χ0n) is 17.4. The number of likely N-dealkylation sites (N-methyl/N-ethyl adjacent to an activating group) is 1. The average molecular weight is 432 g/mol. The van der Waals surface area contributed by atoms with Crippen LogP contribution in [0.5, 0.6) is 0 Å². The second-order valence-electron chi connectivity index (χ2n) is 8.51. The van der Waals surface area contributed by atoms with E-state index in [0.29, 0.717) is 30.1 Å². The first kappa shape index (κ1) is 18.9. The minimum Gasteiger partial charge on any atom is -0.447 e. The normalized spacial score (nSPS) is 20.9. The number of hydrogen-bond donors (Lipinski definition) is 0. The van der Waals surface area contributed by atoms with Crippen molar-refractivity contribution in [2.24, 2.45) is 0 Å². The molecule has 10 heteroatoms. The molecular weight excluding hydrogens is 412 g/mol. The minimum atomic E-state index is -0.618. The second kappa shape index (κ2) is 6.84. The first-order chi connectivity index (χ1) is 15.5. The fraction of sp³-hybridized carbons (Fsp3) is 0.364. The van der Waals surface area contributed by atoms with E-state index in [1.165, 1.54) is 13.4 Å². The largest absolute Gasteiger partial charge is 0.447 e. The summed E-state index contributed by atoms with van der Waals surface area (Å²) in [6.45, 7) is 0.317. The molecule has 3 aliphatic rings. The maximum Gasteiger partial charge on any atom is 0.255 e. The fourth-order valence-electron chi connectivity index (χ4n) is 4.49. The summed E-state index contributed by atoms with van der Waals surface area (Å²) in [5, 5.41) is 8.49. The predicted octanol–water partition coefficient (Wildman–Crippen LogP) is 1.90. The highest BCUT2D eigenvalue weighted by Gasteiger charge is 2.41. The van der Waals surface area contributed by atoms with Gasteiger partial charge in [-0.2, -0.15) is 0 Å². The number of imide groups is 1. The molecule has 0 spiro atoms.